The predicted molar refractivity (Wildman–Crippen MR) is 112 cm³/mol. The summed E-state index contributed by atoms with van der Waals surface area (Å²) in [6, 6.07) is 7.73. The summed E-state index contributed by atoms with van der Waals surface area (Å²) in [6.07, 6.45) is 0.730. The number of carbonyl (C=O) groups is 1. The summed E-state index contributed by atoms with van der Waals surface area (Å²) in [5, 5.41) is 12.4. The first kappa shape index (κ1) is 20.2. The minimum absolute atomic E-state index is 0.131. The van der Waals surface area contributed by atoms with Crippen molar-refractivity contribution < 1.29 is 9.53 Å². The van der Waals surface area contributed by atoms with Gasteiger partial charge in [0, 0.05) is 30.5 Å². The van der Waals surface area contributed by atoms with Crippen molar-refractivity contribution in [1.29, 1.82) is 0 Å². The summed E-state index contributed by atoms with van der Waals surface area (Å²) < 4.78 is 8.16. The number of thiazole rings is 1. The Kier molecular flexibility index (Phi) is 6.58. The van der Waals surface area contributed by atoms with E-state index in [4.69, 9.17) is 17.0 Å². The van der Waals surface area contributed by atoms with Crippen LogP contribution in [0, 0.1) is 4.77 Å². The van der Waals surface area contributed by atoms with Gasteiger partial charge in [0.05, 0.1) is 6.10 Å². The Hall–Kier alpha value is -2.52. The average molecular weight is 418 g/mol. The van der Waals surface area contributed by atoms with E-state index in [1.165, 1.54) is 11.3 Å². The number of amides is 1. The first-order chi connectivity index (χ1) is 13.5. The Balaban J connectivity index is 1.58. The molecule has 28 heavy (non-hydrogen) atoms. The van der Waals surface area contributed by atoms with Gasteiger partial charge in [0.1, 0.15) is 22.3 Å². The molecule has 2 N–H and O–H groups in total. The second-order valence-corrected chi connectivity index (χ2v) is 7.67. The Morgan fingerprint density at radius 2 is 2.11 bits per heavy atom. The molecule has 0 atom stereocenters. The molecule has 9 heteroatoms. The monoisotopic (exact) mass is 417 g/mol. The van der Waals surface area contributed by atoms with E-state index in [-0.39, 0.29) is 12.0 Å². The van der Waals surface area contributed by atoms with E-state index in [0.29, 0.717) is 23.4 Å². The fourth-order valence-corrected chi connectivity index (χ4v) is 3.79. The largest absolute Gasteiger partial charge is 0.491 e. The van der Waals surface area contributed by atoms with Crippen LogP contribution in [-0.2, 0) is 13.0 Å². The molecule has 3 aromatic rings. The smallest absolute Gasteiger partial charge is 0.270 e. The Labute approximate surface area is 172 Å². The maximum atomic E-state index is 12.4. The van der Waals surface area contributed by atoms with Crippen molar-refractivity contribution in [3.05, 3.63) is 45.9 Å². The molecular formula is C19H23N5O2S2. The number of hydrogen-bond acceptors (Lipinski definition) is 6. The molecule has 1 amide bonds. The lowest BCUT2D eigenvalue weighted by molar-refractivity contribution is 0.0949. The molecule has 0 bridgehead atoms. The van der Waals surface area contributed by atoms with Crippen LogP contribution >= 0.6 is 23.6 Å². The molecule has 2 aromatic heterocycles. The average Bonchev–Trinajstić information content (AvgIpc) is 3.29. The van der Waals surface area contributed by atoms with Crippen LogP contribution in [0.5, 0.6) is 5.75 Å². The quantitative estimate of drug-likeness (QED) is 0.544. The number of benzene rings is 1. The molecule has 0 aliphatic carbocycles. The molecule has 3 rings (SSSR count). The van der Waals surface area contributed by atoms with Gasteiger partial charge in [-0.15, -0.1) is 11.3 Å². The van der Waals surface area contributed by atoms with E-state index in [1.807, 2.05) is 49.6 Å². The first-order valence-corrected chi connectivity index (χ1v) is 10.4. The minimum Gasteiger partial charge on any atom is -0.491 e. The number of H-pyrrole nitrogens is 1. The molecule has 2 heterocycles. The van der Waals surface area contributed by atoms with Gasteiger partial charge in [0.25, 0.3) is 5.91 Å². The summed E-state index contributed by atoms with van der Waals surface area (Å²) in [7, 11) is 0. The van der Waals surface area contributed by atoms with Gasteiger partial charge in [0.15, 0.2) is 4.77 Å². The maximum absolute atomic E-state index is 12.4. The van der Waals surface area contributed by atoms with E-state index in [9.17, 15) is 4.79 Å². The summed E-state index contributed by atoms with van der Waals surface area (Å²) >= 11 is 6.61. The van der Waals surface area contributed by atoms with Crippen LogP contribution in [-0.4, -0.2) is 38.3 Å². The van der Waals surface area contributed by atoms with Crippen LogP contribution in [0.2, 0.25) is 0 Å². The number of nitrogens with one attached hydrogen (secondary N) is 2. The third-order valence-electron chi connectivity index (χ3n) is 4.00. The molecule has 0 unspecified atom stereocenters. The zero-order valence-electron chi connectivity index (χ0n) is 16.1. The van der Waals surface area contributed by atoms with Gasteiger partial charge in [-0.3, -0.25) is 9.89 Å². The van der Waals surface area contributed by atoms with Crippen molar-refractivity contribution in [3.63, 3.8) is 0 Å². The zero-order chi connectivity index (χ0) is 20.1. The summed E-state index contributed by atoms with van der Waals surface area (Å²) in [4.78, 5) is 16.8. The molecule has 0 saturated heterocycles. The number of aromatic amines is 1. The van der Waals surface area contributed by atoms with Crippen molar-refractivity contribution in [2.24, 2.45) is 0 Å². The summed E-state index contributed by atoms with van der Waals surface area (Å²) in [5.41, 5.74) is 1.37. The number of carbonyl (C=O) groups excluding carboxylic acids is 1. The number of ether oxygens (including phenoxy) is 1. The van der Waals surface area contributed by atoms with Gasteiger partial charge in [-0.25, -0.2) is 4.98 Å². The van der Waals surface area contributed by atoms with Crippen molar-refractivity contribution in [2.75, 3.05) is 6.54 Å². The fraction of sp³-hybridized carbons (Fsp3) is 0.368. The lowest BCUT2D eigenvalue weighted by atomic mass is 10.2. The summed E-state index contributed by atoms with van der Waals surface area (Å²) in [6.45, 7) is 7.19. The topological polar surface area (TPSA) is 84.8 Å². The third-order valence-corrected chi connectivity index (χ3v) is 5.20. The molecule has 0 radical (unpaired) electrons. The molecule has 0 aliphatic rings. The van der Waals surface area contributed by atoms with E-state index < -0.39 is 0 Å². The van der Waals surface area contributed by atoms with Gasteiger partial charge >= 0.3 is 0 Å². The minimum atomic E-state index is -0.195. The van der Waals surface area contributed by atoms with Crippen molar-refractivity contribution in [2.45, 2.75) is 39.8 Å². The SMILES string of the molecule is CCn1c(CCNC(=O)c2csc(-c3ccc(OC(C)C)cc3)n2)n[nH]c1=S. The maximum Gasteiger partial charge on any atom is 0.270 e. The highest BCUT2D eigenvalue weighted by Gasteiger charge is 2.12. The fourth-order valence-electron chi connectivity index (χ4n) is 2.70. The molecule has 0 saturated carbocycles. The van der Waals surface area contributed by atoms with Crippen molar-refractivity contribution >= 4 is 29.5 Å². The molecule has 0 fully saturated rings. The van der Waals surface area contributed by atoms with Gasteiger partial charge < -0.3 is 14.6 Å². The highest BCUT2D eigenvalue weighted by molar-refractivity contribution is 7.71. The van der Waals surface area contributed by atoms with Crippen molar-refractivity contribution in [3.8, 4) is 16.3 Å². The second kappa shape index (κ2) is 9.11. The van der Waals surface area contributed by atoms with Crippen molar-refractivity contribution in [1.82, 2.24) is 25.1 Å². The summed E-state index contributed by atoms with van der Waals surface area (Å²) in [5.74, 6) is 1.45. The van der Waals surface area contributed by atoms with E-state index in [2.05, 4.69) is 20.5 Å². The molecular weight excluding hydrogens is 394 g/mol. The lowest BCUT2D eigenvalue weighted by Gasteiger charge is -2.09. The van der Waals surface area contributed by atoms with Crippen LogP contribution < -0.4 is 10.1 Å². The van der Waals surface area contributed by atoms with Gasteiger partial charge in [-0.05, 0) is 57.3 Å². The number of nitrogens with zero attached hydrogens (tertiary/aromatic N) is 3. The molecule has 0 aliphatic heterocycles. The van der Waals surface area contributed by atoms with Gasteiger partial charge in [-0.1, -0.05) is 0 Å². The molecule has 148 valence electrons. The standard InChI is InChI=1S/C19H23N5O2S2/c1-4-24-16(22-23-19(24)27)9-10-20-17(25)15-11-28-18(21-15)13-5-7-14(8-6-13)26-12(2)3/h5-8,11-12H,4,9-10H2,1-3H3,(H,20,25)(H,23,27). The highest BCUT2D eigenvalue weighted by Crippen LogP contribution is 2.26. The van der Waals surface area contributed by atoms with E-state index in [0.717, 1.165) is 28.7 Å². The number of rotatable bonds is 8. The number of hydrogen-bond donors (Lipinski definition) is 2. The van der Waals surface area contributed by atoms with Crippen LogP contribution in [0.25, 0.3) is 10.6 Å². The van der Waals surface area contributed by atoms with E-state index >= 15 is 0 Å². The molecule has 1 aromatic carbocycles. The predicted octanol–water partition coefficient (Wildman–Crippen LogP) is 3.84. The molecule has 0 spiro atoms. The lowest BCUT2D eigenvalue weighted by Crippen LogP contribution is -2.26. The molecule has 7 nitrogen and oxygen atoms in total. The Morgan fingerprint density at radius 3 is 2.79 bits per heavy atom. The Bertz CT molecular complexity index is 988. The van der Waals surface area contributed by atoms with Crippen LogP contribution in [0.4, 0.5) is 0 Å². The highest BCUT2D eigenvalue weighted by atomic mass is 32.1. The first-order valence-electron chi connectivity index (χ1n) is 9.12. The van der Waals surface area contributed by atoms with Gasteiger partial charge in [0.2, 0.25) is 0 Å². The van der Waals surface area contributed by atoms with Gasteiger partial charge in [-0.2, -0.15) is 5.10 Å². The Morgan fingerprint density at radius 1 is 1.36 bits per heavy atom. The van der Waals surface area contributed by atoms with Crippen LogP contribution in [0.1, 0.15) is 37.1 Å². The van der Waals surface area contributed by atoms with E-state index in [1.54, 1.807) is 5.38 Å². The van der Waals surface area contributed by atoms with Crippen LogP contribution in [0.15, 0.2) is 29.6 Å². The second-order valence-electron chi connectivity index (χ2n) is 6.42. The number of aromatic nitrogens is 4. The van der Waals surface area contributed by atoms with Crippen LogP contribution in [0.3, 0.4) is 0 Å². The third kappa shape index (κ3) is 4.85. The zero-order valence-corrected chi connectivity index (χ0v) is 17.7. The normalized spacial score (nSPS) is 11.0.